The van der Waals surface area contributed by atoms with Crippen LogP contribution in [0.1, 0.15) is 56.3 Å². The molecular weight excluding hydrogens is 396 g/mol. The van der Waals surface area contributed by atoms with E-state index in [4.69, 9.17) is 10.6 Å². The van der Waals surface area contributed by atoms with Crippen LogP contribution in [0.3, 0.4) is 0 Å². The maximum Gasteiger partial charge on any atom is 0.180 e. The summed E-state index contributed by atoms with van der Waals surface area (Å²) in [7, 11) is -3.35. The normalized spacial score (nSPS) is 24.6. The second kappa shape index (κ2) is 8.33. The molecular formula is C24H32N2O3S. The lowest BCUT2D eigenvalue weighted by Crippen LogP contribution is -2.44. The molecule has 0 radical (unpaired) electrons. The van der Waals surface area contributed by atoms with Gasteiger partial charge in [-0.25, -0.2) is 13.4 Å². The van der Waals surface area contributed by atoms with Gasteiger partial charge in [-0.1, -0.05) is 30.3 Å². The van der Waals surface area contributed by atoms with E-state index in [1.807, 2.05) is 42.3 Å². The predicted octanol–water partition coefficient (Wildman–Crippen LogP) is 4.06. The van der Waals surface area contributed by atoms with Gasteiger partial charge in [0.15, 0.2) is 9.84 Å². The first-order chi connectivity index (χ1) is 14.3. The monoisotopic (exact) mass is 428 g/mol. The van der Waals surface area contributed by atoms with Crippen LogP contribution in [-0.4, -0.2) is 31.3 Å². The number of hydrogen-bond donors (Lipinski definition) is 1. The molecule has 0 aliphatic carbocycles. The topological polar surface area (TPSA) is 72.6 Å². The van der Waals surface area contributed by atoms with Crippen molar-refractivity contribution in [2.75, 3.05) is 6.54 Å². The minimum atomic E-state index is -3.35. The van der Waals surface area contributed by atoms with Crippen LogP contribution >= 0.6 is 0 Å². The van der Waals surface area contributed by atoms with Crippen molar-refractivity contribution in [3.63, 3.8) is 0 Å². The summed E-state index contributed by atoms with van der Waals surface area (Å²) >= 11 is 0. The standard InChI is InChI=1S/C24H32N2O3S/c1-16(2)30(27,28)22-14-20-12-17(3)29-24(20)21(15-22)13-19-10-7-11-26(25)23(19)18-8-5-4-6-9-18/h4-6,8-9,14-17,19,23H,7,10-13,25H2,1-3H3/t17?,19-,23+/m0/s1. The fourth-order valence-corrected chi connectivity index (χ4v) is 6.04. The highest BCUT2D eigenvalue weighted by atomic mass is 32.2. The molecule has 3 atom stereocenters. The summed E-state index contributed by atoms with van der Waals surface area (Å²) in [6.07, 6.45) is 3.66. The van der Waals surface area contributed by atoms with Gasteiger partial charge in [-0.05, 0) is 74.8 Å². The van der Waals surface area contributed by atoms with Crippen molar-refractivity contribution in [3.8, 4) is 5.75 Å². The maximum absolute atomic E-state index is 12.9. The van der Waals surface area contributed by atoms with E-state index in [-0.39, 0.29) is 12.1 Å². The van der Waals surface area contributed by atoms with Gasteiger partial charge < -0.3 is 4.74 Å². The van der Waals surface area contributed by atoms with Gasteiger partial charge in [0.05, 0.1) is 16.2 Å². The van der Waals surface area contributed by atoms with E-state index in [1.54, 1.807) is 13.8 Å². The molecule has 0 saturated carbocycles. The molecule has 1 fully saturated rings. The van der Waals surface area contributed by atoms with Gasteiger partial charge in [0.2, 0.25) is 0 Å². The summed E-state index contributed by atoms with van der Waals surface area (Å²) < 4.78 is 32.0. The highest BCUT2D eigenvalue weighted by Gasteiger charge is 2.34. The van der Waals surface area contributed by atoms with Gasteiger partial charge in [-0.2, -0.15) is 0 Å². The van der Waals surface area contributed by atoms with Crippen LogP contribution in [0, 0.1) is 5.92 Å². The largest absolute Gasteiger partial charge is 0.490 e. The molecule has 5 nitrogen and oxygen atoms in total. The van der Waals surface area contributed by atoms with Crippen LogP contribution in [0.4, 0.5) is 0 Å². The van der Waals surface area contributed by atoms with E-state index in [9.17, 15) is 8.42 Å². The third-order valence-electron chi connectivity index (χ3n) is 6.41. The average Bonchev–Trinajstić information content (AvgIpc) is 3.09. The fourth-order valence-electron chi connectivity index (χ4n) is 4.88. The van der Waals surface area contributed by atoms with Crippen LogP contribution in [0.25, 0.3) is 0 Å². The molecule has 2 aliphatic heterocycles. The van der Waals surface area contributed by atoms with Gasteiger partial charge in [0.25, 0.3) is 0 Å². The number of sulfone groups is 1. The fraction of sp³-hybridized carbons (Fsp3) is 0.500. The Morgan fingerprint density at radius 1 is 1.20 bits per heavy atom. The molecule has 2 heterocycles. The van der Waals surface area contributed by atoms with Gasteiger partial charge in [-0.3, -0.25) is 5.84 Å². The van der Waals surface area contributed by atoms with Crippen molar-refractivity contribution in [2.45, 2.75) is 68.7 Å². The zero-order valence-corrected chi connectivity index (χ0v) is 18.9. The number of rotatable bonds is 5. The average molecular weight is 429 g/mol. The van der Waals surface area contributed by atoms with Crippen molar-refractivity contribution in [1.29, 1.82) is 0 Å². The molecule has 0 spiro atoms. The van der Waals surface area contributed by atoms with Crippen LogP contribution in [0.2, 0.25) is 0 Å². The Morgan fingerprint density at radius 2 is 1.93 bits per heavy atom. The molecule has 0 bridgehead atoms. The van der Waals surface area contributed by atoms with Crippen molar-refractivity contribution < 1.29 is 13.2 Å². The molecule has 4 rings (SSSR count). The molecule has 1 saturated heterocycles. The van der Waals surface area contributed by atoms with Crippen molar-refractivity contribution in [2.24, 2.45) is 11.8 Å². The molecule has 2 aromatic rings. The highest BCUT2D eigenvalue weighted by molar-refractivity contribution is 7.92. The Kier molecular flexibility index (Phi) is 5.93. The molecule has 30 heavy (non-hydrogen) atoms. The number of nitrogens with zero attached hydrogens (tertiary/aromatic N) is 1. The summed E-state index contributed by atoms with van der Waals surface area (Å²) in [6, 6.07) is 14.2. The molecule has 2 N–H and O–H groups in total. The van der Waals surface area contributed by atoms with Crippen molar-refractivity contribution >= 4 is 9.84 Å². The number of fused-ring (bicyclic) bond motifs is 1. The first kappa shape index (κ1) is 21.3. The zero-order valence-electron chi connectivity index (χ0n) is 18.0. The number of hydrazine groups is 1. The van der Waals surface area contributed by atoms with Crippen molar-refractivity contribution in [1.82, 2.24) is 5.01 Å². The van der Waals surface area contributed by atoms with Gasteiger partial charge in [0.1, 0.15) is 11.9 Å². The minimum Gasteiger partial charge on any atom is -0.490 e. The van der Waals surface area contributed by atoms with E-state index in [0.717, 1.165) is 49.1 Å². The Hall–Kier alpha value is -1.89. The molecule has 0 amide bonds. The predicted molar refractivity (Wildman–Crippen MR) is 119 cm³/mol. The molecule has 162 valence electrons. The van der Waals surface area contributed by atoms with Crippen LogP contribution < -0.4 is 10.6 Å². The summed E-state index contributed by atoms with van der Waals surface area (Å²) in [6.45, 7) is 6.37. The van der Waals surface area contributed by atoms with Gasteiger partial charge >= 0.3 is 0 Å². The first-order valence-electron chi connectivity index (χ1n) is 10.9. The Labute approximate surface area is 180 Å². The third-order valence-corrected chi connectivity index (χ3v) is 8.54. The molecule has 1 unspecified atom stereocenters. The van der Waals surface area contributed by atoms with Crippen molar-refractivity contribution in [3.05, 3.63) is 59.2 Å². The lowest BCUT2D eigenvalue weighted by molar-refractivity contribution is 0.0920. The molecule has 2 aromatic carbocycles. The second-order valence-electron chi connectivity index (χ2n) is 9.00. The number of ether oxygens (including phenoxy) is 1. The maximum atomic E-state index is 12.9. The van der Waals surface area contributed by atoms with E-state index in [1.165, 1.54) is 5.56 Å². The SMILES string of the molecule is CC1Cc2cc(S(=O)(=O)C(C)C)cc(C[C@@H]3CCCN(N)[C@@H]3c3ccccc3)c2O1. The summed E-state index contributed by atoms with van der Waals surface area (Å²) in [5.41, 5.74) is 3.22. The smallest absolute Gasteiger partial charge is 0.180 e. The lowest BCUT2D eigenvalue weighted by atomic mass is 9.81. The Bertz CT molecular complexity index is 1000. The lowest BCUT2D eigenvalue weighted by Gasteiger charge is -2.39. The van der Waals surface area contributed by atoms with E-state index >= 15 is 0 Å². The number of hydrogen-bond acceptors (Lipinski definition) is 5. The van der Waals surface area contributed by atoms with Crippen LogP contribution in [0.15, 0.2) is 47.4 Å². The third kappa shape index (κ3) is 4.01. The van der Waals surface area contributed by atoms with E-state index in [2.05, 4.69) is 12.1 Å². The number of piperidine rings is 1. The van der Waals surface area contributed by atoms with Gasteiger partial charge in [0, 0.05) is 13.0 Å². The quantitative estimate of drug-likeness (QED) is 0.727. The molecule has 2 aliphatic rings. The minimum absolute atomic E-state index is 0.0676. The van der Waals surface area contributed by atoms with Crippen LogP contribution in [0.5, 0.6) is 5.75 Å². The molecule has 0 aromatic heterocycles. The summed E-state index contributed by atoms with van der Waals surface area (Å²) in [5, 5.41) is 1.50. The van der Waals surface area contributed by atoms with Gasteiger partial charge in [-0.15, -0.1) is 0 Å². The van der Waals surface area contributed by atoms with E-state index < -0.39 is 15.1 Å². The molecule has 6 heteroatoms. The Morgan fingerprint density at radius 3 is 2.63 bits per heavy atom. The summed E-state index contributed by atoms with van der Waals surface area (Å²) in [5.74, 6) is 7.61. The first-order valence-corrected chi connectivity index (χ1v) is 12.4. The highest BCUT2D eigenvalue weighted by Crippen LogP contribution is 2.41. The van der Waals surface area contributed by atoms with Crippen LogP contribution in [-0.2, 0) is 22.7 Å². The second-order valence-corrected chi connectivity index (χ2v) is 11.5. The Balaban J connectivity index is 1.74. The summed E-state index contributed by atoms with van der Waals surface area (Å²) in [4.78, 5) is 0.417. The van der Waals surface area contributed by atoms with E-state index in [0.29, 0.717) is 10.8 Å². The number of nitrogens with two attached hydrogens (primary N) is 1. The number of benzene rings is 2. The zero-order chi connectivity index (χ0) is 21.5.